The number of hydrogen-bond acceptors (Lipinski definition) is 5. The number of aryl methyl sites for hydroxylation is 2. The molecule has 200 valence electrons. The van der Waals surface area contributed by atoms with Gasteiger partial charge in [-0.25, -0.2) is 0 Å². The second kappa shape index (κ2) is 12.5. The average Bonchev–Trinajstić information content (AvgIpc) is 2.94. The Balaban J connectivity index is 1.12. The predicted molar refractivity (Wildman–Crippen MR) is 153 cm³/mol. The van der Waals surface area contributed by atoms with Crippen LogP contribution in [0.5, 0.6) is 5.75 Å². The number of β-amino-alcohol motifs (C(OH)–C–C–N with tert-alkyl or cyclic N) is 1. The molecule has 3 aromatic carbocycles. The summed E-state index contributed by atoms with van der Waals surface area (Å²) >= 11 is 0. The van der Waals surface area contributed by atoms with E-state index in [9.17, 15) is 9.90 Å². The summed E-state index contributed by atoms with van der Waals surface area (Å²) in [4.78, 5) is 19.4. The molecule has 0 spiro atoms. The lowest BCUT2D eigenvalue weighted by Gasteiger charge is -2.37. The van der Waals surface area contributed by atoms with Gasteiger partial charge in [-0.05, 0) is 56.0 Å². The second-order valence-electron chi connectivity index (χ2n) is 10.5. The predicted octanol–water partition coefficient (Wildman–Crippen LogP) is 4.47. The summed E-state index contributed by atoms with van der Waals surface area (Å²) in [6.45, 7) is 7.41. The van der Waals surface area contributed by atoms with E-state index in [-0.39, 0.29) is 12.5 Å². The molecule has 0 saturated carbocycles. The van der Waals surface area contributed by atoms with Crippen LogP contribution in [0.3, 0.4) is 0 Å². The van der Waals surface area contributed by atoms with Crippen LogP contribution in [0.15, 0.2) is 72.8 Å². The number of anilines is 2. The molecule has 6 nitrogen and oxygen atoms in total. The van der Waals surface area contributed by atoms with Crippen LogP contribution in [-0.4, -0.2) is 67.9 Å². The van der Waals surface area contributed by atoms with Gasteiger partial charge in [0.2, 0.25) is 5.91 Å². The monoisotopic (exact) mass is 513 g/mol. The fraction of sp³-hybridized carbons (Fsp3) is 0.406. The summed E-state index contributed by atoms with van der Waals surface area (Å²) in [7, 11) is 0. The molecule has 2 aliphatic rings. The largest absolute Gasteiger partial charge is 0.490 e. The molecule has 2 heterocycles. The van der Waals surface area contributed by atoms with Crippen LogP contribution in [0, 0.1) is 6.92 Å². The van der Waals surface area contributed by atoms with Crippen LogP contribution < -0.4 is 14.5 Å². The SMILES string of the molecule is Cc1ccc(N2CCN(CC(O)COc3cccc4c3CCC(=O)N4CCCc3ccccc3)CC2)cc1. The van der Waals surface area contributed by atoms with Gasteiger partial charge in [-0.2, -0.15) is 0 Å². The highest BCUT2D eigenvalue weighted by atomic mass is 16.5. The molecule has 0 bridgehead atoms. The van der Waals surface area contributed by atoms with Crippen molar-refractivity contribution in [3.8, 4) is 5.75 Å². The summed E-state index contributed by atoms with van der Waals surface area (Å²) in [6, 6.07) is 25.0. The molecule has 2 aliphatic heterocycles. The Labute approximate surface area is 226 Å². The van der Waals surface area contributed by atoms with Crippen molar-refractivity contribution in [3.63, 3.8) is 0 Å². The maximum absolute atomic E-state index is 12.8. The van der Waals surface area contributed by atoms with E-state index in [4.69, 9.17) is 4.74 Å². The number of hydrogen-bond donors (Lipinski definition) is 1. The summed E-state index contributed by atoms with van der Waals surface area (Å²) < 4.78 is 6.14. The fourth-order valence-corrected chi connectivity index (χ4v) is 5.51. The van der Waals surface area contributed by atoms with Gasteiger partial charge >= 0.3 is 0 Å². The molecule has 1 unspecified atom stereocenters. The van der Waals surface area contributed by atoms with Crippen molar-refractivity contribution < 1.29 is 14.6 Å². The Morgan fingerprint density at radius 3 is 2.42 bits per heavy atom. The first-order valence-corrected chi connectivity index (χ1v) is 13.9. The molecule has 1 amide bonds. The van der Waals surface area contributed by atoms with Crippen LogP contribution in [0.25, 0.3) is 0 Å². The highest BCUT2D eigenvalue weighted by molar-refractivity contribution is 5.97. The third-order valence-electron chi connectivity index (χ3n) is 7.65. The van der Waals surface area contributed by atoms with Gasteiger partial charge in [0.1, 0.15) is 18.5 Å². The van der Waals surface area contributed by atoms with E-state index in [0.29, 0.717) is 25.9 Å². The molecule has 5 rings (SSSR count). The topological polar surface area (TPSA) is 56.2 Å². The van der Waals surface area contributed by atoms with Crippen molar-refractivity contribution in [2.75, 3.05) is 55.7 Å². The highest BCUT2D eigenvalue weighted by Gasteiger charge is 2.27. The Morgan fingerprint density at radius 1 is 0.895 bits per heavy atom. The standard InChI is InChI=1S/C32H39N3O3/c1-25-12-14-27(15-13-25)34-21-19-33(20-22-34)23-28(36)24-38-31-11-5-10-30-29(31)16-17-32(37)35(30)18-6-9-26-7-3-2-4-8-26/h2-5,7-8,10-15,28,36H,6,9,16-24H2,1H3. The van der Waals surface area contributed by atoms with Gasteiger partial charge < -0.3 is 19.6 Å². The van der Waals surface area contributed by atoms with Crippen LogP contribution in [0.4, 0.5) is 11.4 Å². The zero-order chi connectivity index (χ0) is 26.3. The molecule has 3 aromatic rings. The van der Waals surface area contributed by atoms with Crippen molar-refractivity contribution in [1.82, 2.24) is 4.90 Å². The van der Waals surface area contributed by atoms with E-state index in [2.05, 4.69) is 65.3 Å². The molecule has 1 fully saturated rings. The molecule has 0 aromatic heterocycles. The van der Waals surface area contributed by atoms with E-state index < -0.39 is 6.10 Å². The van der Waals surface area contributed by atoms with Crippen molar-refractivity contribution in [2.24, 2.45) is 0 Å². The smallest absolute Gasteiger partial charge is 0.227 e. The van der Waals surface area contributed by atoms with Crippen LogP contribution >= 0.6 is 0 Å². The van der Waals surface area contributed by atoms with Crippen molar-refractivity contribution in [1.29, 1.82) is 0 Å². The van der Waals surface area contributed by atoms with Crippen LogP contribution in [0.2, 0.25) is 0 Å². The van der Waals surface area contributed by atoms with Crippen molar-refractivity contribution in [2.45, 2.75) is 38.7 Å². The Kier molecular flexibility index (Phi) is 8.61. The number of rotatable bonds is 10. The Hall–Kier alpha value is -3.35. The molecule has 1 saturated heterocycles. The number of carbonyl (C=O) groups is 1. The number of carbonyl (C=O) groups excluding carboxylic acids is 1. The van der Waals surface area contributed by atoms with Crippen molar-refractivity contribution in [3.05, 3.63) is 89.5 Å². The first-order valence-electron chi connectivity index (χ1n) is 13.9. The maximum Gasteiger partial charge on any atom is 0.227 e. The normalized spacial score (nSPS) is 16.8. The molecule has 6 heteroatoms. The Morgan fingerprint density at radius 2 is 1.66 bits per heavy atom. The summed E-state index contributed by atoms with van der Waals surface area (Å²) in [5.41, 5.74) is 5.86. The molecule has 38 heavy (non-hydrogen) atoms. The maximum atomic E-state index is 12.8. The lowest BCUT2D eigenvalue weighted by Crippen LogP contribution is -2.49. The van der Waals surface area contributed by atoms with E-state index >= 15 is 0 Å². The number of aliphatic hydroxyl groups is 1. The van der Waals surface area contributed by atoms with Gasteiger partial charge in [-0.1, -0.05) is 54.1 Å². The number of benzene rings is 3. The minimum Gasteiger partial charge on any atom is -0.490 e. The second-order valence-corrected chi connectivity index (χ2v) is 10.5. The van der Waals surface area contributed by atoms with Gasteiger partial charge in [0.05, 0.1) is 5.69 Å². The van der Waals surface area contributed by atoms with Crippen molar-refractivity contribution >= 4 is 17.3 Å². The number of fused-ring (bicyclic) bond motifs is 1. The average molecular weight is 514 g/mol. The molecular formula is C32H39N3O3. The summed E-state index contributed by atoms with van der Waals surface area (Å²) in [5.74, 6) is 0.957. The van der Waals surface area contributed by atoms with E-state index in [1.807, 2.05) is 29.2 Å². The molecule has 1 N–H and O–H groups in total. The summed E-state index contributed by atoms with van der Waals surface area (Å²) in [6.07, 6.45) is 2.46. The number of aliphatic hydroxyl groups excluding tert-OH is 1. The lowest BCUT2D eigenvalue weighted by atomic mass is 9.99. The minimum atomic E-state index is -0.566. The third kappa shape index (κ3) is 6.55. The third-order valence-corrected chi connectivity index (χ3v) is 7.65. The quantitative estimate of drug-likeness (QED) is 0.434. The van der Waals surface area contributed by atoms with Gasteiger partial charge in [0, 0.05) is 56.9 Å². The van der Waals surface area contributed by atoms with E-state index in [0.717, 1.165) is 56.0 Å². The van der Waals surface area contributed by atoms with Gasteiger partial charge in [-0.15, -0.1) is 0 Å². The lowest BCUT2D eigenvalue weighted by molar-refractivity contribution is -0.118. The first-order chi connectivity index (χ1) is 18.6. The number of ether oxygens (including phenoxy) is 1. The highest BCUT2D eigenvalue weighted by Crippen LogP contribution is 2.35. The van der Waals surface area contributed by atoms with E-state index in [1.54, 1.807) is 0 Å². The first kappa shape index (κ1) is 26.3. The van der Waals surface area contributed by atoms with Gasteiger partial charge in [0.15, 0.2) is 0 Å². The van der Waals surface area contributed by atoms with Gasteiger partial charge in [-0.3, -0.25) is 9.69 Å². The number of amides is 1. The summed E-state index contributed by atoms with van der Waals surface area (Å²) in [5, 5.41) is 10.8. The minimum absolute atomic E-state index is 0.174. The zero-order valence-corrected chi connectivity index (χ0v) is 22.4. The van der Waals surface area contributed by atoms with Crippen LogP contribution in [-0.2, 0) is 17.6 Å². The molecule has 0 aliphatic carbocycles. The fourth-order valence-electron chi connectivity index (χ4n) is 5.51. The number of piperazine rings is 1. The zero-order valence-electron chi connectivity index (χ0n) is 22.4. The van der Waals surface area contributed by atoms with E-state index in [1.165, 1.54) is 16.8 Å². The van der Waals surface area contributed by atoms with Crippen LogP contribution in [0.1, 0.15) is 29.5 Å². The molecular weight excluding hydrogens is 474 g/mol. The number of nitrogens with zero attached hydrogens (tertiary/aromatic N) is 3. The van der Waals surface area contributed by atoms with Gasteiger partial charge in [0.25, 0.3) is 0 Å². The molecule has 0 radical (unpaired) electrons. The Bertz CT molecular complexity index is 1190. The molecule has 1 atom stereocenters.